The van der Waals surface area contributed by atoms with Crippen LogP contribution in [-0.2, 0) is 18.4 Å². The van der Waals surface area contributed by atoms with Crippen LogP contribution in [-0.4, -0.2) is 73.4 Å². The van der Waals surface area contributed by atoms with Gasteiger partial charge in [-0.15, -0.1) is 0 Å². The lowest BCUT2D eigenvalue weighted by Gasteiger charge is -2.26. The number of phosphoric ester groups is 1. The zero-order valence-corrected chi connectivity index (χ0v) is 50.4. The lowest BCUT2D eigenvalue weighted by atomic mass is 10.0. The molecule has 0 aliphatic carbocycles. The number of unbranched alkanes of at least 4 members (excludes halogenated alkanes) is 48. The van der Waals surface area contributed by atoms with Gasteiger partial charge in [0.25, 0.3) is 0 Å². The van der Waals surface area contributed by atoms with Gasteiger partial charge in [-0.25, -0.2) is 4.57 Å². The second-order valence-corrected chi connectivity index (χ2v) is 25.3. The predicted octanol–water partition coefficient (Wildman–Crippen LogP) is 20.0. The van der Waals surface area contributed by atoms with E-state index >= 15 is 0 Å². The Morgan fingerprint density at radius 1 is 0.417 bits per heavy atom. The Labute approximate surface area is 450 Å². The number of nitrogens with one attached hydrogen (secondary N) is 1. The van der Waals surface area contributed by atoms with Crippen LogP contribution in [0, 0.1) is 0 Å². The van der Waals surface area contributed by atoms with Gasteiger partial charge in [-0.3, -0.25) is 13.8 Å². The van der Waals surface area contributed by atoms with Crippen LogP contribution in [0.4, 0.5) is 0 Å². The molecule has 0 aromatic carbocycles. The highest BCUT2D eigenvalue weighted by atomic mass is 31.2. The largest absolute Gasteiger partial charge is 0.472 e. The summed E-state index contributed by atoms with van der Waals surface area (Å²) in [4.78, 5) is 23.3. The summed E-state index contributed by atoms with van der Waals surface area (Å²) in [6, 6.07) is -0.754. The Hall–Kier alpha value is -0.500. The van der Waals surface area contributed by atoms with Crippen LogP contribution in [0.15, 0.2) is 0 Å². The Morgan fingerprint density at radius 2 is 0.667 bits per heavy atom. The zero-order valence-electron chi connectivity index (χ0n) is 49.5. The Balaban J connectivity index is 3.76. The number of quaternary nitrogens is 1. The monoisotopic (exact) mass is 1040 g/mol. The second-order valence-electron chi connectivity index (χ2n) is 23.9. The van der Waals surface area contributed by atoms with E-state index in [2.05, 4.69) is 19.2 Å². The van der Waals surface area contributed by atoms with E-state index in [0.29, 0.717) is 23.9 Å². The Kier molecular flexibility index (Phi) is 54.9. The first-order chi connectivity index (χ1) is 35.0. The third-order valence-electron chi connectivity index (χ3n) is 15.4. The molecule has 0 aliphatic heterocycles. The molecule has 1 amide bonds. The number of rotatable bonds is 61. The molecule has 3 atom stereocenters. The van der Waals surface area contributed by atoms with Crippen molar-refractivity contribution >= 4 is 13.7 Å². The molecule has 0 saturated heterocycles. The van der Waals surface area contributed by atoms with Crippen LogP contribution in [0.1, 0.15) is 348 Å². The average Bonchev–Trinajstić information content (AvgIpc) is 3.34. The van der Waals surface area contributed by atoms with Gasteiger partial charge in [-0.2, -0.15) is 0 Å². The molecule has 0 saturated carbocycles. The standard InChI is InChI=1S/C63H129N2O6P/c1-6-8-10-12-14-16-18-19-20-21-22-23-24-25-26-27-28-29-30-31-32-33-34-35-36-37-38-39-40-41-42-43-44-45-47-49-51-53-55-57-63(67)64-61(60-71-72(68,69)70-59-58-65(3,4)5)62(66)56-54-52-50-48-46-17-15-13-11-9-7-2/h61-62,66H,6-60H2,1-5H3,(H-,64,67,68,69)/p+1. The molecule has 72 heavy (non-hydrogen) atoms. The molecule has 432 valence electrons. The van der Waals surface area contributed by atoms with Crippen molar-refractivity contribution in [2.24, 2.45) is 0 Å². The van der Waals surface area contributed by atoms with E-state index in [1.54, 1.807) is 0 Å². The van der Waals surface area contributed by atoms with Gasteiger partial charge in [0.15, 0.2) is 0 Å². The number of carbonyl (C=O) groups excluding carboxylic acids is 1. The van der Waals surface area contributed by atoms with E-state index in [-0.39, 0.29) is 19.1 Å². The van der Waals surface area contributed by atoms with Gasteiger partial charge in [0, 0.05) is 6.42 Å². The number of likely N-dealkylation sites (N-methyl/N-ethyl adjacent to an activating group) is 1. The minimum Gasteiger partial charge on any atom is -0.391 e. The van der Waals surface area contributed by atoms with E-state index < -0.39 is 20.0 Å². The first-order valence-electron chi connectivity index (χ1n) is 32.4. The van der Waals surface area contributed by atoms with Gasteiger partial charge in [-0.1, -0.05) is 328 Å². The van der Waals surface area contributed by atoms with E-state index in [4.69, 9.17) is 9.05 Å². The third kappa shape index (κ3) is 57.2. The van der Waals surface area contributed by atoms with Gasteiger partial charge < -0.3 is 19.8 Å². The van der Waals surface area contributed by atoms with Gasteiger partial charge in [0.05, 0.1) is 39.9 Å². The summed E-state index contributed by atoms with van der Waals surface area (Å²) < 4.78 is 23.7. The molecule has 0 spiro atoms. The summed E-state index contributed by atoms with van der Waals surface area (Å²) in [6.07, 6.45) is 67.9. The number of aliphatic hydroxyl groups excluding tert-OH is 1. The maximum absolute atomic E-state index is 13.0. The van der Waals surface area contributed by atoms with Gasteiger partial charge in [0.2, 0.25) is 5.91 Å². The maximum atomic E-state index is 13.0. The molecule has 3 N–H and O–H groups in total. The van der Waals surface area contributed by atoms with Crippen molar-refractivity contribution in [2.75, 3.05) is 40.9 Å². The summed E-state index contributed by atoms with van der Waals surface area (Å²) in [5.74, 6) is -0.137. The van der Waals surface area contributed by atoms with Crippen molar-refractivity contribution in [3.63, 3.8) is 0 Å². The Bertz CT molecular complexity index is 1140. The lowest BCUT2D eigenvalue weighted by molar-refractivity contribution is -0.870. The molecule has 0 aromatic heterocycles. The fourth-order valence-corrected chi connectivity index (χ4v) is 11.0. The van der Waals surface area contributed by atoms with Gasteiger partial charge in [-0.05, 0) is 12.8 Å². The molecule has 0 radical (unpaired) electrons. The van der Waals surface area contributed by atoms with E-state index in [1.807, 2.05) is 21.1 Å². The molecule has 3 unspecified atom stereocenters. The first kappa shape index (κ1) is 71.5. The summed E-state index contributed by atoms with van der Waals surface area (Å²) in [5, 5.41) is 14.0. The number of amides is 1. The number of carbonyl (C=O) groups is 1. The fraction of sp³-hybridized carbons (Fsp3) is 0.984. The Morgan fingerprint density at radius 3 is 0.931 bits per heavy atom. The third-order valence-corrected chi connectivity index (χ3v) is 16.3. The van der Waals surface area contributed by atoms with Crippen molar-refractivity contribution in [1.82, 2.24) is 5.32 Å². The molecule has 0 aliphatic rings. The quantitative estimate of drug-likeness (QED) is 0.0318. The highest BCUT2D eigenvalue weighted by molar-refractivity contribution is 7.47. The van der Waals surface area contributed by atoms with Crippen molar-refractivity contribution in [3.05, 3.63) is 0 Å². The lowest BCUT2D eigenvalue weighted by Crippen LogP contribution is -2.46. The summed E-state index contributed by atoms with van der Waals surface area (Å²) in [5.41, 5.74) is 0. The van der Waals surface area contributed by atoms with Crippen LogP contribution >= 0.6 is 7.82 Å². The summed E-state index contributed by atoms with van der Waals surface area (Å²) >= 11 is 0. The molecular formula is C63H130N2O6P+. The average molecular weight is 1040 g/mol. The molecule has 0 aromatic rings. The number of nitrogens with zero attached hydrogens (tertiary/aromatic N) is 1. The van der Waals surface area contributed by atoms with Gasteiger partial charge in [0.1, 0.15) is 13.2 Å². The van der Waals surface area contributed by atoms with E-state index in [1.165, 1.54) is 283 Å². The first-order valence-corrected chi connectivity index (χ1v) is 33.9. The second kappa shape index (κ2) is 55.3. The highest BCUT2D eigenvalue weighted by Crippen LogP contribution is 2.43. The van der Waals surface area contributed by atoms with Gasteiger partial charge >= 0.3 is 7.82 Å². The smallest absolute Gasteiger partial charge is 0.391 e. The maximum Gasteiger partial charge on any atom is 0.472 e. The van der Waals surface area contributed by atoms with Crippen LogP contribution in [0.5, 0.6) is 0 Å². The van der Waals surface area contributed by atoms with Crippen molar-refractivity contribution < 1.29 is 32.9 Å². The molecule has 0 rings (SSSR count). The zero-order chi connectivity index (χ0) is 52.7. The van der Waals surface area contributed by atoms with E-state index in [0.717, 1.165) is 38.5 Å². The van der Waals surface area contributed by atoms with Crippen LogP contribution in [0.2, 0.25) is 0 Å². The predicted molar refractivity (Wildman–Crippen MR) is 314 cm³/mol. The minimum atomic E-state index is -4.31. The number of hydrogen-bond donors (Lipinski definition) is 3. The molecule has 8 nitrogen and oxygen atoms in total. The summed E-state index contributed by atoms with van der Waals surface area (Å²) in [6.45, 7) is 4.93. The SMILES string of the molecule is CCCCCCCCCCCCCCCCCCCCCCCCCCCCCCCCCCCCCCCCCC(=O)NC(COP(=O)(O)OCC[N+](C)(C)C)C(O)CCCCCCCCCCCCC. The molecule has 9 heteroatoms. The van der Waals surface area contributed by atoms with Crippen LogP contribution in [0.3, 0.4) is 0 Å². The number of phosphoric acid groups is 1. The van der Waals surface area contributed by atoms with Crippen molar-refractivity contribution in [2.45, 2.75) is 360 Å². The van der Waals surface area contributed by atoms with Crippen LogP contribution < -0.4 is 5.32 Å². The summed E-state index contributed by atoms with van der Waals surface area (Å²) in [7, 11) is 1.63. The molecule has 0 heterocycles. The van der Waals surface area contributed by atoms with Crippen molar-refractivity contribution in [1.29, 1.82) is 0 Å². The normalized spacial score (nSPS) is 13.7. The molecular weight excluding hydrogens is 912 g/mol. The minimum absolute atomic E-state index is 0.0788. The van der Waals surface area contributed by atoms with Crippen LogP contribution in [0.25, 0.3) is 0 Å². The topological polar surface area (TPSA) is 105 Å². The number of hydrogen-bond acceptors (Lipinski definition) is 5. The number of aliphatic hydroxyl groups is 1. The highest BCUT2D eigenvalue weighted by Gasteiger charge is 2.28. The van der Waals surface area contributed by atoms with E-state index in [9.17, 15) is 19.4 Å². The fourth-order valence-electron chi connectivity index (χ4n) is 10.3. The molecule has 0 fully saturated rings. The van der Waals surface area contributed by atoms with Crippen molar-refractivity contribution in [3.8, 4) is 0 Å². The molecule has 0 bridgehead atoms.